The van der Waals surface area contributed by atoms with Crippen molar-refractivity contribution in [1.82, 2.24) is 4.98 Å². The molecule has 4 nitrogen and oxygen atoms in total. The summed E-state index contributed by atoms with van der Waals surface area (Å²) in [5.41, 5.74) is 3.74. The highest BCUT2D eigenvalue weighted by molar-refractivity contribution is 7.13. The third-order valence-electron chi connectivity index (χ3n) is 4.44. The SMILES string of the molecule is O=C(Cc1csc(-c2ccccc2)n1)Nc1cccc(COCC2CC2)c1. The summed E-state index contributed by atoms with van der Waals surface area (Å²) in [6.45, 7) is 1.43. The van der Waals surface area contributed by atoms with E-state index in [0.29, 0.717) is 6.61 Å². The van der Waals surface area contributed by atoms with Crippen LogP contribution in [0.4, 0.5) is 5.69 Å². The van der Waals surface area contributed by atoms with Crippen molar-refractivity contribution in [3.63, 3.8) is 0 Å². The predicted octanol–water partition coefficient (Wildman–Crippen LogP) is 4.92. The molecule has 3 aromatic rings. The van der Waals surface area contributed by atoms with E-state index in [-0.39, 0.29) is 12.3 Å². The highest BCUT2D eigenvalue weighted by atomic mass is 32.1. The number of thiazole rings is 1. The molecule has 27 heavy (non-hydrogen) atoms. The van der Waals surface area contributed by atoms with Crippen LogP contribution in [0.5, 0.6) is 0 Å². The van der Waals surface area contributed by atoms with Gasteiger partial charge in [0.15, 0.2) is 0 Å². The molecule has 4 rings (SSSR count). The van der Waals surface area contributed by atoms with Gasteiger partial charge in [0.05, 0.1) is 18.7 Å². The molecule has 0 saturated heterocycles. The highest BCUT2D eigenvalue weighted by Gasteiger charge is 2.21. The molecule has 1 saturated carbocycles. The number of carbonyl (C=O) groups excluding carboxylic acids is 1. The molecule has 5 heteroatoms. The van der Waals surface area contributed by atoms with E-state index in [4.69, 9.17) is 4.74 Å². The number of hydrogen-bond donors (Lipinski definition) is 1. The molecule has 0 atom stereocenters. The number of amides is 1. The Balaban J connectivity index is 1.32. The average molecular weight is 378 g/mol. The first kappa shape index (κ1) is 17.9. The molecular formula is C22H22N2O2S. The van der Waals surface area contributed by atoms with Gasteiger partial charge in [0, 0.05) is 23.2 Å². The molecule has 1 fully saturated rings. The molecule has 0 bridgehead atoms. The van der Waals surface area contributed by atoms with Crippen molar-refractivity contribution in [3.05, 3.63) is 71.2 Å². The van der Waals surface area contributed by atoms with Crippen molar-refractivity contribution in [2.75, 3.05) is 11.9 Å². The lowest BCUT2D eigenvalue weighted by Crippen LogP contribution is -2.14. The lowest BCUT2D eigenvalue weighted by molar-refractivity contribution is -0.115. The molecule has 0 radical (unpaired) electrons. The zero-order chi connectivity index (χ0) is 18.5. The predicted molar refractivity (Wildman–Crippen MR) is 109 cm³/mol. The van der Waals surface area contributed by atoms with Gasteiger partial charge in [-0.2, -0.15) is 0 Å². The molecule has 1 aliphatic carbocycles. The molecule has 1 heterocycles. The minimum Gasteiger partial charge on any atom is -0.376 e. The van der Waals surface area contributed by atoms with Crippen LogP contribution in [0.2, 0.25) is 0 Å². The summed E-state index contributed by atoms with van der Waals surface area (Å²) in [5, 5.41) is 5.85. The molecule has 1 aromatic heterocycles. The Morgan fingerprint density at radius 1 is 1.15 bits per heavy atom. The van der Waals surface area contributed by atoms with E-state index in [1.165, 1.54) is 12.8 Å². The van der Waals surface area contributed by atoms with Gasteiger partial charge in [-0.3, -0.25) is 4.79 Å². The Kier molecular flexibility index (Phi) is 5.61. The minimum atomic E-state index is -0.0593. The van der Waals surface area contributed by atoms with Crippen molar-refractivity contribution < 1.29 is 9.53 Å². The van der Waals surface area contributed by atoms with Crippen LogP contribution < -0.4 is 5.32 Å². The molecule has 2 aromatic carbocycles. The van der Waals surface area contributed by atoms with Crippen LogP contribution in [0.25, 0.3) is 10.6 Å². The smallest absolute Gasteiger partial charge is 0.230 e. The van der Waals surface area contributed by atoms with Gasteiger partial charge in [-0.1, -0.05) is 42.5 Å². The first-order valence-electron chi connectivity index (χ1n) is 9.22. The number of hydrogen-bond acceptors (Lipinski definition) is 4. The van der Waals surface area contributed by atoms with Gasteiger partial charge in [0.1, 0.15) is 5.01 Å². The van der Waals surface area contributed by atoms with E-state index in [0.717, 1.165) is 40.0 Å². The maximum atomic E-state index is 12.4. The summed E-state index contributed by atoms with van der Waals surface area (Å²) in [7, 11) is 0. The number of nitrogens with one attached hydrogen (secondary N) is 1. The Morgan fingerprint density at radius 3 is 2.81 bits per heavy atom. The van der Waals surface area contributed by atoms with Crippen molar-refractivity contribution in [2.45, 2.75) is 25.9 Å². The first-order chi connectivity index (χ1) is 13.3. The third kappa shape index (κ3) is 5.25. The first-order valence-corrected chi connectivity index (χ1v) is 10.1. The van der Waals surface area contributed by atoms with Crippen LogP contribution in [0, 0.1) is 5.92 Å². The second kappa shape index (κ2) is 8.46. The molecule has 1 aliphatic rings. The monoisotopic (exact) mass is 378 g/mol. The second-order valence-corrected chi connectivity index (χ2v) is 7.75. The summed E-state index contributed by atoms with van der Waals surface area (Å²) < 4.78 is 5.72. The Morgan fingerprint density at radius 2 is 2.00 bits per heavy atom. The second-order valence-electron chi connectivity index (χ2n) is 6.89. The lowest BCUT2D eigenvalue weighted by atomic mass is 10.2. The van der Waals surface area contributed by atoms with Crippen LogP contribution in [0.15, 0.2) is 60.0 Å². The molecule has 0 spiro atoms. The summed E-state index contributed by atoms with van der Waals surface area (Å²) in [5.74, 6) is 0.697. The lowest BCUT2D eigenvalue weighted by Gasteiger charge is -2.08. The van der Waals surface area contributed by atoms with Crippen molar-refractivity contribution >= 4 is 22.9 Å². The fourth-order valence-electron chi connectivity index (χ4n) is 2.84. The highest BCUT2D eigenvalue weighted by Crippen LogP contribution is 2.29. The van der Waals surface area contributed by atoms with Gasteiger partial charge in [-0.05, 0) is 36.5 Å². The number of rotatable bonds is 8. The van der Waals surface area contributed by atoms with Gasteiger partial charge in [0.25, 0.3) is 0 Å². The zero-order valence-electron chi connectivity index (χ0n) is 15.1. The fraction of sp³-hybridized carbons (Fsp3) is 0.273. The zero-order valence-corrected chi connectivity index (χ0v) is 15.9. The number of ether oxygens (including phenoxy) is 1. The molecule has 138 valence electrons. The maximum Gasteiger partial charge on any atom is 0.230 e. The van der Waals surface area contributed by atoms with Crippen LogP contribution >= 0.6 is 11.3 Å². The number of carbonyl (C=O) groups is 1. The van der Waals surface area contributed by atoms with Gasteiger partial charge < -0.3 is 10.1 Å². The van der Waals surface area contributed by atoms with E-state index in [9.17, 15) is 4.79 Å². The Labute approximate surface area is 163 Å². The summed E-state index contributed by atoms with van der Waals surface area (Å²) in [6, 6.07) is 17.9. The number of anilines is 1. The molecule has 1 amide bonds. The normalized spacial score (nSPS) is 13.5. The molecular weight excluding hydrogens is 356 g/mol. The maximum absolute atomic E-state index is 12.4. The van der Waals surface area contributed by atoms with Crippen LogP contribution in [-0.4, -0.2) is 17.5 Å². The van der Waals surface area contributed by atoms with E-state index >= 15 is 0 Å². The summed E-state index contributed by atoms with van der Waals surface area (Å²) in [4.78, 5) is 17.0. The molecule has 0 unspecified atom stereocenters. The number of benzene rings is 2. The standard InChI is InChI=1S/C22H22N2O2S/c25-21(12-20-15-27-22(24-20)18-6-2-1-3-7-18)23-19-8-4-5-17(11-19)14-26-13-16-9-10-16/h1-8,11,15-16H,9-10,12-14H2,(H,23,25). The topological polar surface area (TPSA) is 51.2 Å². The average Bonchev–Trinajstić information content (AvgIpc) is 3.39. The fourth-order valence-corrected chi connectivity index (χ4v) is 3.66. The third-order valence-corrected chi connectivity index (χ3v) is 5.38. The molecule has 0 aliphatic heterocycles. The van der Waals surface area contributed by atoms with Gasteiger partial charge in [-0.25, -0.2) is 4.98 Å². The number of nitrogens with zero attached hydrogens (tertiary/aromatic N) is 1. The van der Waals surface area contributed by atoms with E-state index in [2.05, 4.69) is 10.3 Å². The van der Waals surface area contributed by atoms with Crippen molar-refractivity contribution in [2.24, 2.45) is 5.92 Å². The number of aromatic nitrogens is 1. The Bertz CT molecular complexity index is 903. The molecule has 1 N–H and O–H groups in total. The summed E-state index contributed by atoms with van der Waals surface area (Å²) in [6.07, 6.45) is 2.85. The largest absolute Gasteiger partial charge is 0.376 e. The van der Waals surface area contributed by atoms with Gasteiger partial charge in [-0.15, -0.1) is 11.3 Å². The quantitative estimate of drug-likeness (QED) is 0.605. The van der Waals surface area contributed by atoms with E-state index in [1.807, 2.05) is 60.0 Å². The Hall–Kier alpha value is -2.50. The minimum absolute atomic E-state index is 0.0593. The van der Waals surface area contributed by atoms with E-state index < -0.39 is 0 Å². The summed E-state index contributed by atoms with van der Waals surface area (Å²) >= 11 is 1.56. The van der Waals surface area contributed by atoms with Crippen LogP contribution in [-0.2, 0) is 22.6 Å². The van der Waals surface area contributed by atoms with Crippen LogP contribution in [0.3, 0.4) is 0 Å². The van der Waals surface area contributed by atoms with Gasteiger partial charge >= 0.3 is 0 Å². The van der Waals surface area contributed by atoms with Crippen molar-refractivity contribution in [1.29, 1.82) is 0 Å². The van der Waals surface area contributed by atoms with Crippen molar-refractivity contribution in [3.8, 4) is 10.6 Å². The van der Waals surface area contributed by atoms with E-state index in [1.54, 1.807) is 11.3 Å². The van der Waals surface area contributed by atoms with Gasteiger partial charge in [0.2, 0.25) is 5.91 Å². The van der Waals surface area contributed by atoms with Crippen LogP contribution in [0.1, 0.15) is 24.1 Å².